The molecule has 0 aliphatic heterocycles. The Kier molecular flexibility index (Phi) is 6.61. The molecule has 2 heterocycles. The van der Waals surface area contributed by atoms with E-state index in [1.54, 1.807) is 7.11 Å². The number of ether oxygens (including phenoxy) is 1. The van der Waals surface area contributed by atoms with Gasteiger partial charge in [-0.05, 0) is 51.3 Å². The zero-order chi connectivity index (χ0) is 22.9. The van der Waals surface area contributed by atoms with Crippen molar-refractivity contribution >= 4 is 26.7 Å². The van der Waals surface area contributed by atoms with Crippen LogP contribution in [-0.4, -0.2) is 35.8 Å². The van der Waals surface area contributed by atoms with E-state index in [2.05, 4.69) is 9.97 Å². The lowest BCUT2D eigenvalue weighted by Crippen LogP contribution is -2.12. The highest BCUT2D eigenvalue weighted by Crippen LogP contribution is 2.29. The van der Waals surface area contributed by atoms with Gasteiger partial charge in [0, 0.05) is 25.4 Å². The van der Waals surface area contributed by atoms with Crippen molar-refractivity contribution in [3.05, 3.63) is 46.9 Å². The molecule has 3 aromatic rings. The number of fused-ring (bicyclic) bond motifs is 1. The van der Waals surface area contributed by atoms with Crippen LogP contribution in [0.25, 0.3) is 11.0 Å². The van der Waals surface area contributed by atoms with Gasteiger partial charge in [0.25, 0.3) is 0 Å². The Morgan fingerprint density at radius 1 is 1.19 bits per heavy atom. The van der Waals surface area contributed by atoms with Gasteiger partial charge in [-0.3, -0.25) is 0 Å². The summed E-state index contributed by atoms with van der Waals surface area (Å²) in [6, 6.07) is 2.48. The number of nitrogen functional groups attached to an aromatic ring is 1. The van der Waals surface area contributed by atoms with Gasteiger partial charge in [0.15, 0.2) is 15.7 Å². The summed E-state index contributed by atoms with van der Waals surface area (Å²) in [6.45, 7) is 6.15. The molecule has 0 saturated carbocycles. The van der Waals surface area contributed by atoms with Gasteiger partial charge < -0.3 is 15.0 Å². The number of nitrogens with two attached hydrogens (primary N) is 1. The van der Waals surface area contributed by atoms with Crippen LogP contribution in [0.3, 0.4) is 0 Å². The minimum atomic E-state index is -3.87. The number of sulfone groups is 1. The number of pyridine rings is 1. The summed E-state index contributed by atoms with van der Waals surface area (Å²) >= 11 is 0. The first kappa shape index (κ1) is 23.1. The minimum Gasteiger partial charge on any atom is -0.382 e. The molecule has 168 valence electrons. The molecule has 3 rings (SSSR count). The molecule has 1 aromatic carbocycles. The van der Waals surface area contributed by atoms with Crippen LogP contribution in [0.4, 0.5) is 14.6 Å². The molecule has 0 radical (unpaired) electrons. The Morgan fingerprint density at radius 3 is 2.55 bits per heavy atom. The van der Waals surface area contributed by atoms with Gasteiger partial charge in [-0.1, -0.05) is 0 Å². The van der Waals surface area contributed by atoms with Crippen LogP contribution in [0.1, 0.15) is 43.0 Å². The van der Waals surface area contributed by atoms with Gasteiger partial charge >= 0.3 is 0 Å². The van der Waals surface area contributed by atoms with Crippen LogP contribution < -0.4 is 5.73 Å². The molecule has 1 unspecified atom stereocenters. The van der Waals surface area contributed by atoms with Gasteiger partial charge in [0.05, 0.1) is 11.3 Å². The molecule has 2 aromatic heterocycles. The van der Waals surface area contributed by atoms with E-state index >= 15 is 0 Å². The van der Waals surface area contributed by atoms with Gasteiger partial charge in [0.2, 0.25) is 0 Å². The lowest BCUT2D eigenvalue weighted by atomic mass is 10.2. The summed E-state index contributed by atoms with van der Waals surface area (Å²) in [7, 11) is -2.28. The van der Waals surface area contributed by atoms with Crippen LogP contribution in [0.2, 0.25) is 0 Å². The van der Waals surface area contributed by atoms with Gasteiger partial charge in [0.1, 0.15) is 34.0 Å². The predicted molar refractivity (Wildman–Crippen MR) is 114 cm³/mol. The van der Waals surface area contributed by atoms with E-state index in [0.717, 1.165) is 28.9 Å². The van der Waals surface area contributed by atoms with Crippen molar-refractivity contribution in [3.63, 3.8) is 0 Å². The smallest absolute Gasteiger partial charge is 0.181 e. The van der Waals surface area contributed by atoms with Crippen LogP contribution >= 0.6 is 0 Å². The highest BCUT2D eigenvalue weighted by Gasteiger charge is 2.22. The third-order valence-electron chi connectivity index (χ3n) is 5.42. The standard InChI is InChI=1S/C21H26F2N4O3S/c1-12-13(2)25-20(24)18-19(12)27(21(26-18)14(3)30-4)9-5-6-10-31(28,29)17-8-7-15(22)11-16(17)23/h7-8,11,14H,5-6,9-10H2,1-4H3,(H2,24,25). The Morgan fingerprint density at radius 2 is 1.90 bits per heavy atom. The highest BCUT2D eigenvalue weighted by atomic mass is 32.2. The van der Waals surface area contributed by atoms with Gasteiger partial charge in [-0.2, -0.15) is 0 Å². The van der Waals surface area contributed by atoms with E-state index in [4.69, 9.17) is 10.5 Å². The number of anilines is 1. The van der Waals surface area contributed by atoms with E-state index in [1.807, 2.05) is 25.3 Å². The zero-order valence-electron chi connectivity index (χ0n) is 17.9. The SMILES string of the molecule is COC(C)c1nc2c(N)nc(C)c(C)c2n1CCCCS(=O)(=O)c1ccc(F)cc1F. The number of methoxy groups -OCH3 is 1. The molecule has 0 bridgehead atoms. The fraction of sp³-hybridized carbons (Fsp3) is 0.429. The van der Waals surface area contributed by atoms with Gasteiger partial charge in [-0.15, -0.1) is 0 Å². The summed E-state index contributed by atoms with van der Waals surface area (Å²) in [4.78, 5) is 8.48. The number of hydrogen-bond donors (Lipinski definition) is 1. The second-order valence-corrected chi connectivity index (χ2v) is 9.58. The van der Waals surface area contributed by atoms with Crippen LogP contribution in [-0.2, 0) is 21.1 Å². The van der Waals surface area contributed by atoms with Crippen LogP contribution in [0.15, 0.2) is 23.1 Å². The number of halogens is 2. The molecule has 10 heteroatoms. The molecule has 0 aliphatic rings. The number of hydrogen-bond acceptors (Lipinski definition) is 6. The Bertz CT molecular complexity index is 1230. The van der Waals surface area contributed by atoms with Crippen molar-refractivity contribution in [2.45, 2.75) is 51.2 Å². The normalized spacial score (nSPS) is 13.1. The topological polar surface area (TPSA) is 100 Å². The summed E-state index contributed by atoms with van der Waals surface area (Å²) in [5.41, 5.74) is 9.24. The zero-order valence-corrected chi connectivity index (χ0v) is 18.8. The lowest BCUT2D eigenvalue weighted by Gasteiger charge is -2.15. The lowest BCUT2D eigenvalue weighted by molar-refractivity contribution is 0.109. The van der Waals surface area contributed by atoms with Crippen molar-refractivity contribution in [3.8, 4) is 0 Å². The van der Waals surface area contributed by atoms with Crippen LogP contribution in [0.5, 0.6) is 0 Å². The molecule has 1 atom stereocenters. The monoisotopic (exact) mass is 452 g/mol. The predicted octanol–water partition coefficient (Wildman–Crippen LogP) is 3.87. The van der Waals surface area contributed by atoms with Gasteiger partial charge in [-0.25, -0.2) is 27.2 Å². The average molecular weight is 453 g/mol. The summed E-state index contributed by atoms with van der Waals surface area (Å²) in [5, 5.41) is 0. The molecule has 0 aliphatic carbocycles. The fourth-order valence-corrected chi connectivity index (χ4v) is 4.99. The molecule has 31 heavy (non-hydrogen) atoms. The number of unbranched alkanes of at least 4 members (excludes halogenated alkanes) is 1. The Labute approximate surface area is 180 Å². The van der Waals surface area contributed by atoms with Crippen molar-refractivity contribution in [2.75, 3.05) is 18.6 Å². The minimum absolute atomic E-state index is 0.251. The van der Waals surface area contributed by atoms with E-state index in [0.29, 0.717) is 36.2 Å². The number of aromatic nitrogens is 3. The first-order chi connectivity index (χ1) is 14.6. The first-order valence-corrected chi connectivity index (χ1v) is 11.6. The quantitative estimate of drug-likeness (QED) is 0.411. The third kappa shape index (κ3) is 4.54. The molecule has 0 saturated heterocycles. The molecule has 0 fully saturated rings. The highest BCUT2D eigenvalue weighted by molar-refractivity contribution is 7.91. The molecule has 0 amide bonds. The maximum atomic E-state index is 13.9. The fourth-order valence-electron chi connectivity index (χ4n) is 3.56. The van der Waals surface area contributed by atoms with E-state index < -0.39 is 26.4 Å². The summed E-state index contributed by atoms with van der Waals surface area (Å²) in [5.74, 6) is -1.14. The molecule has 2 N–H and O–H groups in total. The average Bonchev–Trinajstić information content (AvgIpc) is 3.09. The molecule has 7 nitrogen and oxygen atoms in total. The molecule has 0 spiro atoms. The first-order valence-electron chi connectivity index (χ1n) is 9.90. The Hall–Kier alpha value is -2.59. The van der Waals surface area contributed by atoms with Crippen molar-refractivity contribution in [2.24, 2.45) is 0 Å². The number of imidazole rings is 1. The Balaban J connectivity index is 1.83. The van der Waals surface area contributed by atoms with E-state index in [-0.39, 0.29) is 18.3 Å². The number of rotatable bonds is 8. The van der Waals surface area contributed by atoms with Crippen molar-refractivity contribution in [1.82, 2.24) is 14.5 Å². The maximum Gasteiger partial charge on any atom is 0.181 e. The van der Waals surface area contributed by atoms with Crippen molar-refractivity contribution < 1.29 is 21.9 Å². The van der Waals surface area contributed by atoms with Crippen LogP contribution in [0, 0.1) is 25.5 Å². The molecular weight excluding hydrogens is 426 g/mol. The van der Waals surface area contributed by atoms with Crippen molar-refractivity contribution in [1.29, 1.82) is 0 Å². The van der Waals surface area contributed by atoms with E-state index in [9.17, 15) is 17.2 Å². The number of nitrogens with zero attached hydrogens (tertiary/aromatic N) is 3. The number of benzene rings is 1. The molecular formula is C21H26F2N4O3S. The van der Waals surface area contributed by atoms with E-state index in [1.165, 1.54) is 0 Å². The summed E-state index contributed by atoms with van der Waals surface area (Å²) < 4.78 is 59.4. The summed E-state index contributed by atoms with van der Waals surface area (Å²) in [6.07, 6.45) is 0.485. The third-order valence-corrected chi connectivity index (χ3v) is 7.24. The largest absolute Gasteiger partial charge is 0.382 e. The number of aryl methyl sites for hydroxylation is 3. The second-order valence-electron chi connectivity index (χ2n) is 7.50. The second kappa shape index (κ2) is 8.88. The maximum absolute atomic E-state index is 13.9.